The maximum absolute atomic E-state index is 15.1. The van der Waals surface area contributed by atoms with Gasteiger partial charge in [0, 0.05) is 11.9 Å². The number of ether oxygens (including phenoxy) is 1. The zero-order valence-electron chi connectivity index (χ0n) is 14.3. The second-order valence-corrected chi connectivity index (χ2v) is 8.12. The van der Waals surface area contributed by atoms with Crippen LogP contribution in [0.5, 0.6) is 11.5 Å². The minimum absolute atomic E-state index is 0.0961. The van der Waals surface area contributed by atoms with Gasteiger partial charge in [-0.25, -0.2) is 13.4 Å². The lowest BCUT2D eigenvalue weighted by Crippen LogP contribution is -2.39. The van der Waals surface area contributed by atoms with Gasteiger partial charge >= 0.3 is 10.2 Å². The zero-order valence-corrected chi connectivity index (χ0v) is 15.1. The normalized spacial score (nSPS) is 19.1. The number of rotatable bonds is 5. The number of nitrogens with zero attached hydrogens (tertiary/aromatic N) is 2. The van der Waals surface area contributed by atoms with Crippen LogP contribution in [0.25, 0.3) is 10.8 Å². The van der Waals surface area contributed by atoms with Gasteiger partial charge in [0.1, 0.15) is 30.3 Å². The van der Waals surface area contributed by atoms with Crippen LogP contribution >= 0.6 is 0 Å². The topological polar surface area (TPSA) is 99.2 Å². The molecule has 0 aliphatic carbocycles. The van der Waals surface area contributed by atoms with Crippen molar-refractivity contribution in [3.05, 3.63) is 30.1 Å². The number of anilines is 1. The van der Waals surface area contributed by atoms with E-state index in [1.807, 2.05) is 0 Å². The molecule has 0 aromatic heterocycles. The average molecular weight is 395 g/mol. The third kappa shape index (κ3) is 3.26. The quantitative estimate of drug-likeness (QED) is 0.782. The van der Waals surface area contributed by atoms with Gasteiger partial charge in [-0.3, -0.25) is 9.69 Å². The largest absolute Gasteiger partial charge is 0.506 e. The van der Waals surface area contributed by atoms with E-state index in [9.17, 15) is 18.3 Å². The summed E-state index contributed by atoms with van der Waals surface area (Å²) in [5, 5.41) is 10.6. The number of amides is 1. The van der Waals surface area contributed by atoms with Crippen molar-refractivity contribution in [2.75, 3.05) is 37.1 Å². The van der Waals surface area contributed by atoms with Crippen LogP contribution in [0.1, 0.15) is 6.42 Å². The highest BCUT2D eigenvalue weighted by Gasteiger charge is 2.37. The first-order valence-electron chi connectivity index (χ1n) is 8.49. The molecule has 0 bridgehead atoms. The Hall–Kier alpha value is -2.59. The smallest absolute Gasteiger partial charge is 0.326 e. The van der Waals surface area contributed by atoms with Crippen molar-refractivity contribution in [2.45, 2.75) is 6.42 Å². The predicted octanol–water partition coefficient (Wildman–Crippen LogP) is 0.950. The molecule has 8 nitrogen and oxygen atoms in total. The van der Waals surface area contributed by atoms with E-state index < -0.39 is 39.9 Å². The highest BCUT2D eigenvalue weighted by Crippen LogP contribution is 2.39. The molecule has 2 heterocycles. The van der Waals surface area contributed by atoms with Crippen LogP contribution in [0, 0.1) is 5.82 Å². The molecule has 0 radical (unpaired) electrons. The number of halogens is 1. The van der Waals surface area contributed by atoms with Gasteiger partial charge in [0.2, 0.25) is 0 Å². The molecule has 1 amide bonds. The number of nitrogens with one attached hydrogen (secondary N) is 1. The van der Waals surface area contributed by atoms with E-state index >= 15 is 4.39 Å². The maximum Gasteiger partial charge on any atom is 0.326 e. The summed E-state index contributed by atoms with van der Waals surface area (Å²) in [5.74, 6) is -1.85. The molecule has 144 valence electrons. The number of carbonyl (C=O) groups excluding carboxylic acids is 1. The Kier molecular flexibility index (Phi) is 4.31. The fourth-order valence-corrected chi connectivity index (χ4v) is 4.34. The predicted molar refractivity (Wildman–Crippen MR) is 96.5 cm³/mol. The molecule has 2 fully saturated rings. The molecular weight excluding hydrogens is 377 g/mol. The summed E-state index contributed by atoms with van der Waals surface area (Å²) in [6, 6.07) is 5.97. The number of phenolic OH excluding ortho intramolecular Hbond substituents is 1. The number of hydrogen-bond acceptors (Lipinski definition) is 6. The number of likely N-dealkylation sites (tertiary alicyclic amines) is 1. The molecule has 0 atom stereocenters. The molecule has 2 N–H and O–H groups in total. The summed E-state index contributed by atoms with van der Waals surface area (Å²) >= 11 is 0. The Bertz CT molecular complexity index is 1020. The summed E-state index contributed by atoms with van der Waals surface area (Å²) in [7, 11) is -4.24. The van der Waals surface area contributed by atoms with Crippen molar-refractivity contribution in [3.8, 4) is 11.5 Å². The Morgan fingerprint density at radius 1 is 1.26 bits per heavy atom. The lowest BCUT2D eigenvalue weighted by molar-refractivity contribution is -0.117. The summed E-state index contributed by atoms with van der Waals surface area (Å²) in [6.45, 7) is 2.74. The molecule has 0 unspecified atom stereocenters. The number of fused-ring (bicyclic) bond motifs is 1. The van der Waals surface area contributed by atoms with Gasteiger partial charge < -0.3 is 9.84 Å². The fourth-order valence-electron chi connectivity index (χ4n) is 3.18. The molecule has 2 aromatic carbocycles. The molecule has 2 aliphatic heterocycles. The number of carbonyl (C=O) groups is 1. The van der Waals surface area contributed by atoms with Crippen molar-refractivity contribution in [2.24, 2.45) is 0 Å². The molecule has 2 aromatic rings. The Morgan fingerprint density at radius 3 is 2.67 bits per heavy atom. The van der Waals surface area contributed by atoms with Crippen molar-refractivity contribution < 1.29 is 27.4 Å². The first-order chi connectivity index (χ1) is 12.8. The van der Waals surface area contributed by atoms with Crippen LogP contribution in [-0.4, -0.2) is 57.1 Å². The molecule has 0 saturated carbocycles. The highest BCUT2D eigenvalue weighted by molar-refractivity contribution is 7.92. The van der Waals surface area contributed by atoms with Crippen molar-refractivity contribution in [3.63, 3.8) is 0 Å². The summed E-state index contributed by atoms with van der Waals surface area (Å²) in [4.78, 5) is 13.7. The minimum Gasteiger partial charge on any atom is -0.506 e. The first-order valence-corrected chi connectivity index (χ1v) is 9.93. The van der Waals surface area contributed by atoms with Crippen LogP contribution in [0.15, 0.2) is 24.3 Å². The minimum atomic E-state index is -4.24. The number of phenols is 1. The van der Waals surface area contributed by atoms with Gasteiger partial charge in [-0.15, -0.1) is 0 Å². The van der Waals surface area contributed by atoms with Gasteiger partial charge in [0.05, 0.1) is 0 Å². The number of aromatic hydroxyl groups is 1. The number of benzene rings is 2. The van der Waals surface area contributed by atoms with Crippen molar-refractivity contribution in [1.82, 2.24) is 9.62 Å². The average Bonchev–Trinajstić information content (AvgIpc) is 2.82. The van der Waals surface area contributed by atoms with Gasteiger partial charge in [-0.05, 0) is 43.1 Å². The van der Waals surface area contributed by atoms with E-state index in [4.69, 9.17) is 4.74 Å². The lowest BCUT2D eigenvalue weighted by Gasteiger charge is -2.30. The van der Waals surface area contributed by atoms with E-state index in [1.165, 1.54) is 18.6 Å². The van der Waals surface area contributed by atoms with E-state index in [2.05, 4.69) is 4.90 Å². The molecule has 2 aliphatic rings. The molecule has 27 heavy (non-hydrogen) atoms. The van der Waals surface area contributed by atoms with Crippen molar-refractivity contribution in [1.29, 1.82) is 0 Å². The molecule has 10 heteroatoms. The van der Waals surface area contributed by atoms with E-state index in [1.54, 1.807) is 16.9 Å². The van der Waals surface area contributed by atoms with Gasteiger partial charge in [-0.2, -0.15) is 8.42 Å². The third-order valence-corrected chi connectivity index (χ3v) is 6.08. The van der Waals surface area contributed by atoms with E-state index in [0.29, 0.717) is 22.0 Å². The number of hydrogen-bond donors (Lipinski definition) is 2. The van der Waals surface area contributed by atoms with Crippen LogP contribution in [0.2, 0.25) is 0 Å². The molecule has 4 rings (SSSR count). The second-order valence-electron chi connectivity index (χ2n) is 6.52. The van der Waals surface area contributed by atoms with Crippen LogP contribution in [-0.2, 0) is 15.0 Å². The van der Waals surface area contributed by atoms with Gasteiger partial charge in [-0.1, -0.05) is 6.07 Å². The third-order valence-electron chi connectivity index (χ3n) is 4.70. The Labute approximate surface area is 155 Å². The zero-order chi connectivity index (χ0) is 19.2. The maximum atomic E-state index is 15.1. The monoisotopic (exact) mass is 395 g/mol. The summed E-state index contributed by atoms with van der Waals surface area (Å²) in [5.41, 5.74) is -0.557. The SMILES string of the molecule is O=C1CN(c2c(O)cc3ccc(OCCN4CCC4)cc3c2F)S(=O)(=O)N1. The van der Waals surface area contributed by atoms with Gasteiger partial charge in [0.25, 0.3) is 5.91 Å². The van der Waals surface area contributed by atoms with Crippen LogP contribution < -0.4 is 13.8 Å². The van der Waals surface area contributed by atoms with E-state index in [-0.39, 0.29) is 5.39 Å². The molecule has 0 spiro atoms. The highest BCUT2D eigenvalue weighted by atomic mass is 32.2. The van der Waals surface area contributed by atoms with Crippen LogP contribution in [0.3, 0.4) is 0 Å². The standard InChI is InChI=1S/C17H18FN3O5S/c18-16-13-9-12(26-7-6-20-4-1-5-20)3-2-11(13)8-14(22)17(16)21-10-15(23)19-27(21,24)25/h2-3,8-9,22H,1,4-7,10H2,(H,19,23). The van der Waals surface area contributed by atoms with Crippen molar-refractivity contribution >= 4 is 32.6 Å². The molecule has 2 saturated heterocycles. The fraction of sp³-hybridized carbons (Fsp3) is 0.353. The van der Waals surface area contributed by atoms with E-state index in [0.717, 1.165) is 19.6 Å². The Morgan fingerprint density at radius 2 is 2.04 bits per heavy atom. The summed E-state index contributed by atoms with van der Waals surface area (Å²) < 4.78 is 47.0. The first kappa shape index (κ1) is 17.8. The Balaban J connectivity index is 1.67. The summed E-state index contributed by atoms with van der Waals surface area (Å²) in [6.07, 6.45) is 1.18. The van der Waals surface area contributed by atoms with Crippen LogP contribution in [0.4, 0.5) is 10.1 Å². The van der Waals surface area contributed by atoms with Gasteiger partial charge in [0.15, 0.2) is 5.82 Å². The second kappa shape index (κ2) is 6.54. The molecular formula is C17H18FN3O5S. The lowest BCUT2D eigenvalue weighted by atomic mass is 10.1.